The van der Waals surface area contributed by atoms with Gasteiger partial charge >= 0.3 is 5.97 Å². The SMILES string of the molecule is Cc1conc1CNC(=O)CC1CCC(C(=O)O)CC1. The number of aliphatic carboxylic acids is 1. The third kappa shape index (κ3) is 3.82. The lowest BCUT2D eigenvalue weighted by atomic mass is 9.80. The van der Waals surface area contributed by atoms with E-state index in [9.17, 15) is 9.59 Å². The van der Waals surface area contributed by atoms with E-state index in [1.54, 1.807) is 6.26 Å². The zero-order valence-corrected chi connectivity index (χ0v) is 11.6. The van der Waals surface area contributed by atoms with Crippen LogP contribution in [0.1, 0.15) is 43.4 Å². The predicted molar refractivity (Wildman–Crippen MR) is 70.8 cm³/mol. The zero-order chi connectivity index (χ0) is 14.5. The Kier molecular flexibility index (Phi) is 4.76. The van der Waals surface area contributed by atoms with Gasteiger partial charge in [-0.2, -0.15) is 0 Å². The van der Waals surface area contributed by atoms with Gasteiger partial charge in [0.2, 0.25) is 5.91 Å². The second kappa shape index (κ2) is 6.54. The molecular weight excluding hydrogens is 260 g/mol. The highest BCUT2D eigenvalue weighted by Gasteiger charge is 2.27. The molecular formula is C14H20N2O4. The van der Waals surface area contributed by atoms with Gasteiger partial charge in [0.05, 0.1) is 12.5 Å². The van der Waals surface area contributed by atoms with Crippen LogP contribution in [0, 0.1) is 18.8 Å². The van der Waals surface area contributed by atoms with Gasteiger partial charge in [-0.15, -0.1) is 0 Å². The highest BCUT2D eigenvalue weighted by atomic mass is 16.5. The molecule has 20 heavy (non-hydrogen) atoms. The maximum atomic E-state index is 11.8. The molecule has 2 rings (SSSR count). The number of hydrogen-bond acceptors (Lipinski definition) is 4. The Morgan fingerprint density at radius 2 is 2.10 bits per heavy atom. The maximum Gasteiger partial charge on any atom is 0.306 e. The normalized spacial score (nSPS) is 22.4. The molecule has 1 heterocycles. The Bertz CT molecular complexity index is 475. The second-order valence-electron chi connectivity index (χ2n) is 5.48. The Labute approximate surface area is 117 Å². The molecule has 0 radical (unpaired) electrons. The zero-order valence-electron chi connectivity index (χ0n) is 11.6. The molecule has 0 saturated heterocycles. The van der Waals surface area contributed by atoms with Crippen LogP contribution in [0.3, 0.4) is 0 Å². The summed E-state index contributed by atoms with van der Waals surface area (Å²) in [6.45, 7) is 2.26. The average Bonchev–Trinajstić information content (AvgIpc) is 2.82. The van der Waals surface area contributed by atoms with Gasteiger partial charge in [-0.25, -0.2) is 0 Å². The lowest BCUT2D eigenvalue weighted by Gasteiger charge is -2.25. The van der Waals surface area contributed by atoms with Gasteiger partial charge in [0, 0.05) is 12.0 Å². The van der Waals surface area contributed by atoms with E-state index in [0.29, 0.717) is 31.7 Å². The van der Waals surface area contributed by atoms with Gasteiger partial charge in [0.15, 0.2) is 0 Å². The minimum Gasteiger partial charge on any atom is -0.481 e. The van der Waals surface area contributed by atoms with E-state index in [-0.39, 0.29) is 11.8 Å². The molecule has 1 amide bonds. The standard InChI is InChI=1S/C14H20N2O4/c1-9-8-20-16-12(9)7-15-13(17)6-10-2-4-11(5-3-10)14(18)19/h8,10-11H,2-7H2,1H3,(H,15,17)(H,18,19). The molecule has 0 atom stereocenters. The largest absolute Gasteiger partial charge is 0.481 e. The van der Waals surface area contributed by atoms with Gasteiger partial charge in [0.1, 0.15) is 12.0 Å². The summed E-state index contributed by atoms with van der Waals surface area (Å²) in [6, 6.07) is 0. The predicted octanol–water partition coefficient (Wildman–Crippen LogP) is 1.88. The van der Waals surface area contributed by atoms with E-state index in [4.69, 9.17) is 9.63 Å². The lowest BCUT2D eigenvalue weighted by molar-refractivity contribution is -0.143. The summed E-state index contributed by atoms with van der Waals surface area (Å²) in [6.07, 6.45) is 4.99. The molecule has 6 heteroatoms. The molecule has 1 fully saturated rings. The van der Waals surface area contributed by atoms with Crippen LogP contribution in [0.5, 0.6) is 0 Å². The fraction of sp³-hybridized carbons (Fsp3) is 0.643. The molecule has 1 aromatic rings. The number of carboxylic acid groups (broad SMARTS) is 1. The Hall–Kier alpha value is -1.85. The molecule has 0 aliphatic heterocycles. The maximum absolute atomic E-state index is 11.8. The first-order valence-corrected chi connectivity index (χ1v) is 6.95. The average molecular weight is 280 g/mol. The number of rotatable bonds is 5. The first-order chi connectivity index (χ1) is 9.56. The number of amides is 1. The fourth-order valence-electron chi connectivity index (χ4n) is 2.61. The molecule has 1 saturated carbocycles. The molecule has 1 aromatic heterocycles. The number of aromatic nitrogens is 1. The lowest BCUT2D eigenvalue weighted by Crippen LogP contribution is -2.28. The first kappa shape index (κ1) is 14.6. The van der Waals surface area contributed by atoms with E-state index in [1.807, 2.05) is 6.92 Å². The molecule has 1 aliphatic carbocycles. The van der Waals surface area contributed by atoms with Gasteiger partial charge in [0.25, 0.3) is 0 Å². The van der Waals surface area contributed by atoms with Gasteiger partial charge in [-0.05, 0) is 38.5 Å². The molecule has 6 nitrogen and oxygen atoms in total. The van der Waals surface area contributed by atoms with Crippen LogP contribution in [0.15, 0.2) is 10.8 Å². The highest BCUT2D eigenvalue weighted by molar-refractivity contribution is 5.76. The molecule has 1 aliphatic rings. The first-order valence-electron chi connectivity index (χ1n) is 6.95. The van der Waals surface area contributed by atoms with Crippen LogP contribution in [-0.2, 0) is 16.1 Å². The minimum atomic E-state index is -0.714. The van der Waals surface area contributed by atoms with E-state index >= 15 is 0 Å². The van der Waals surface area contributed by atoms with Crippen molar-refractivity contribution < 1.29 is 19.2 Å². The molecule has 2 N–H and O–H groups in total. The summed E-state index contributed by atoms with van der Waals surface area (Å²) < 4.78 is 4.80. The fourth-order valence-corrected chi connectivity index (χ4v) is 2.61. The van der Waals surface area contributed by atoms with Crippen molar-refractivity contribution in [3.8, 4) is 0 Å². The van der Waals surface area contributed by atoms with Crippen molar-refractivity contribution in [2.24, 2.45) is 11.8 Å². The minimum absolute atomic E-state index is 0.00817. The summed E-state index contributed by atoms with van der Waals surface area (Å²) in [5, 5.41) is 15.6. The van der Waals surface area contributed by atoms with Crippen molar-refractivity contribution in [1.82, 2.24) is 10.5 Å². The number of nitrogens with one attached hydrogen (secondary N) is 1. The van der Waals surface area contributed by atoms with Crippen molar-refractivity contribution in [3.63, 3.8) is 0 Å². The highest BCUT2D eigenvalue weighted by Crippen LogP contribution is 2.30. The molecule has 0 aromatic carbocycles. The van der Waals surface area contributed by atoms with Crippen LogP contribution in [0.25, 0.3) is 0 Å². The van der Waals surface area contributed by atoms with Crippen molar-refractivity contribution >= 4 is 11.9 Å². The van der Waals surface area contributed by atoms with Crippen LogP contribution in [0.4, 0.5) is 0 Å². The van der Waals surface area contributed by atoms with Crippen molar-refractivity contribution in [2.75, 3.05) is 0 Å². The van der Waals surface area contributed by atoms with Crippen LogP contribution < -0.4 is 5.32 Å². The summed E-state index contributed by atoms with van der Waals surface area (Å²) in [5.41, 5.74) is 1.67. The Morgan fingerprint density at radius 3 is 2.65 bits per heavy atom. The number of carbonyl (C=O) groups is 2. The summed E-state index contributed by atoms with van der Waals surface area (Å²) in [4.78, 5) is 22.7. The molecule has 0 spiro atoms. The quantitative estimate of drug-likeness (QED) is 0.859. The third-order valence-corrected chi connectivity index (χ3v) is 3.97. The smallest absolute Gasteiger partial charge is 0.306 e. The third-order valence-electron chi connectivity index (χ3n) is 3.97. The topological polar surface area (TPSA) is 92.4 Å². The summed E-state index contributed by atoms with van der Waals surface area (Å²) in [7, 11) is 0. The number of carboxylic acids is 1. The van der Waals surface area contributed by atoms with E-state index in [1.165, 1.54) is 0 Å². The van der Waals surface area contributed by atoms with E-state index in [2.05, 4.69) is 10.5 Å². The van der Waals surface area contributed by atoms with E-state index < -0.39 is 5.97 Å². The second-order valence-corrected chi connectivity index (χ2v) is 5.48. The van der Waals surface area contributed by atoms with Crippen molar-refractivity contribution in [2.45, 2.75) is 45.6 Å². The Balaban J connectivity index is 1.70. The number of nitrogens with zero attached hydrogens (tertiary/aromatic N) is 1. The van der Waals surface area contributed by atoms with Crippen molar-refractivity contribution in [3.05, 3.63) is 17.5 Å². The summed E-state index contributed by atoms with van der Waals surface area (Å²) in [5.74, 6) is -0.656. The number of aryl methyl sites for hydroxylation is 1. The van der Waals surface area contributed by atoms with Gasteiger partial charge in [-0.1, -0.05) is 5.16 Å². The molecule has 0 bridgehead atoms. The van der Waals surface area contributed by atoms with Crippen LogP contribution >= 0.6 is 0 Å². The molecule has 0 unspecified atom stereocenters. The monoisotopic (exact) mass is 280 g/mol. The van der Waals surface area contributed by atoms with Crippen LogP contribution in [0.2, 0.25) is 0 Å². The van der Waals surface area contributed by atoms with E-state index in [0.717, 1.165) is 24.1 Å². The van der Waals surface area contributed by atoms with Crippen molar-refractivity contribution in [1.29, 1.82) is 0 Å². The van der Waals surface area contributed by atoms with Gasteiger partial charge < -0.3 is 14.9 Å². The summed E-state index contributed by atoms with van der Waals surface area (Å²) >= 11 is 0. The number of hydrogen-bond donors (Lipinski definition) is 2. The Morgan fingerprint density at radius 1 is 1.40 bits per heavy atom. The number of carbonyl (C=O) groups excluding carboxylic acids is 1. The molecule has 110 valence electrons. The van der Waals surface area contributed by atoms with Gasteiger partial charge in [-0.3, -0.25) is 9.59 Å². The van der Waals surface area contributed by atoms with Crippen LogP contribution in [-0.4, -0.2) is 22.1 Å².